The standard InChI is InChI=1S/C27H24FNO5/c1-33-20-13-9-18(10-14-20)25(30)23-24(21-5-3-4-6-22(21)34-2)29(27(32)26(23)31)16-15-17-7-11-19(28)12-8-17/h3-14,31-32H,15-16H2,1-2H3. The maximum Gasteiger partial charge on any atom is 0.235 e. The van der Waals surface area contributed by atoms with E-state index in [-0.39, 0.29) is 17.9 Å². The number of ether oxygens (including phenoxy) is 2. The molecule has 0 amide bonds. The number of aromatic hydroxyl groups is 2. The fraction of sp³-hybridized carbons (Fsp3) is 0.148. The molecule has 0 fully saturated rings. The molecule has 6 nitrogen and oxygen atoms in total. The van der Waals surface area contributed by atoms with Crippen molar-refractivity contribution in [1.29, 1.82) is 0 Å². The van der Waals surface area contributed by atoms with Gasteiger partial charge in [0.15, 0.2) is 11.5 Å². The second-order valence-corrected chi connectivity index (χ2v) is 7.68. The van der Waals surface area contributed by atoms with Crippen LogP contribution >= 0.6 is 0 Å². The molecule has 3 aromatic carbocycles. The summed E-state index contributed by atoms with van der Waals surface area (Å²) in [5, 5.41) is 21.7. The van der Waals surface area contributed by atoms with Gasteiger partial charge in [-0.05, 0) is 60.5 Å². The number of para-hydroxylation sites is 1. The first kappa shape index (κ1) is 22.9. The summed E-state index contributed by atoms with van der Waals surface area (Å²) in [5.41, 5.74) is 1.99. The Hall–Kier alpha value is -4.26. The van der Waals surface area contributed by atoms with Crippen LogP contribution in [0.25, 0.3) is 11.3 Å². The lowest BCUT2D eigenvalue weighted by Crippen LogP contribution is -2.08. The number of aromatic nitrogens is 1. The molecule has 0 radical (unpaired) electrons. The molecule has 0 aliphatic carbocycles. The van der Waals surface area contributed by atoms with Crippen LogP contribution in [0.3, 0.4) is 0 Å². The Morgan fingerprint density at radius 1 is 0.912 bits per heavy atom. The van der Waals surface area contributed by atoms with Crippen molar-refractivity contribution in [3.05, 3.63) is 95.3 Å². The molecule has 1 heterocycles. The molecule has 0 saturated heterocycles. The van der Waals surface area contributed by atoms with Crippen molar-refractivity contribution >= 4 is 5.78 Å². The Balaban J connectivity index is 1.85. The molecule has 0 atom stereocenters. The normalized spacial score (nSPS) is 10.8. The first-order valence-electron chi connectivity index (χ1n) is 10.7. The molecule has 0 aliphatic heterocycles. The number of nitrogens with zero attached hydrogens (tertiary/aromatic N) is 1. The summed E-state index contributed by atoms with van der Waals surface area (Å²) < 4.78 is 25.4. The van der Waals surface area contributed by atoms with Gasteiger partial charge in [0, 0.05) is 17.7 Å². The molecule has 4 aromatic rings. The molecule has 2 N–H and O–H groups in total. The molecule has 0 saturated carbocycles. The number of methoxy groups -OCH3 is 2. The van der Waals surface area contributed by atoms with Crippen molar-refractivity contribution in [1.82, 2.24) is 4.57 Å². The predicted molar refractivity (Wildman–Crippen MR) is 126 cm³/mol. The molecule has 174 valence electrons. The van der Waals surface area contributed by atoms with E-state index in [9.17, 15) is 19.4 Å². The third-order valence-corrected chi connectivity index (χ3v) is 5.69. The minimum Gasteiger partial charge on any atom is -0.503 e. The van der Waals surface area contributed by atoms with Crippen molar-refractivity contribution in [2.75, 3.05) is 14.2 Å². The van der Waals surface area contributed by atoms with Crippen molar-refractivity contribution in [3.63, 3.8) is 0 Å². The highest BCUT2D eigenvalue weighted by molar-refractivity contribution is 6.15. The van der Waals surface area contributed by atoms with Crippen LogP contribution in [0.15, 0.2) is 72.8 Å². The summed E-state index contributed by atoms with van der Waals surface area (Å²) in [6, 6.07) is 19.6. The van der Waals surface area contributed by atoms with E-state index in [0.29, 0.717) is 34.7 Å². The molecule has 0 spiro atoms. The van der Waals surface area contributed by atoms with Crippen LogP contribution in [-0.4, -0.2) is 34.8 Å². The average molecular weight is 461 g/mol. The van der Waals surface area contributed by atoms with Crippen LogP contribution in [0.5, 0.6) is 23.1 Å². The summed E-state index contributed by atoms with van der Waals surface area (Å²) in [7, 11) is 3.04. The van der Waals surface area contributed by atoms with E-state index in [1.54, 1.807) is 60.7 Å². The van der Waals surface area contributed by atoms with Gasteiger partial charge in [-0.3, -0.25) is 4.79 Å². The van der Waals surface area contributed by atoms with Crippen LogP contribution in [0.2, 0.25) is 0 Å². The Morgan fingerprint density at radius 2 is 1.59 bits per heavy atom. The van der Waals surface area contributed by atoms with Gasteiger partial charge < -0.3 is 24.3 Å². The van der Waals surface area contributed by atoms with Crippen molar-refractivity contribution in [2.45, 2.75) is 13.0 Å². The second kappa shape index (κ2) is 9.70. The van der Waals surface area contributed by atoms with Crippen LogP contribution in [0.1, 0.15) is 21.5 Å². The molecule has 1 aromatic heterocycles. The number of carbonyl (C=O) groups excluding carboxylic acids is 1. The van der Waals surface area contributed by atoms with Crippen molar-refractivity contribution in [2.24, 2.45) is 0 Å². The lowest BCUT2D eigenvalue weighted by atomic mass is 9.98. The molecular formula is C27H24FNO5. The van der Waals surface area contributed by atoms with E-state index in [0.717, 1.165) is 5.56 Å². The second-order valence-electron chi connectivity index (χ2n) is 7.68. The molecule has 0 bridgehead atoms. The lowest BCUT2D eigenvalue weighted by Gasteiger charge is -2.15. The van der Waals surface area contributed by atoms with Gasteiger partial charge >= 0.3 is 0 Å². The Morgan fingerprint density at radius 3 is 2.24 bits per heavy atom. The minimum atomic E-state index is -0.513. The minimum absolute atomic E-state index is 0.0359. The summed E-state index contributed by atoms with van der Waals surface area (Å²) in [6.07, 6.45) is 0.431. The number of aryl methyl sites for hydroxylation is 1. The Kier molecular flexibility index (Phi) is 6.54. The topological polar surface area (TPSA) is 80.9 Å². The summed E-state index contributed by atoms with van der Waals surface area (Å²) in [6.45, 7) is 0.230. The SMILES string of the molecule is COc1ccc(C(=O)c2c(O)c(O)n(CCc3ccc(F)cc3)c2-c2ccccc2OC)cc1. The maximum absolute atomic E-state index is 13.5. The zero-order valence-corrected chi connectivity index (χ0v) is 18.8. The van der Waals surface area contributed by atoms with Crippen molar-refractivity contribution < 1.29 is 28.9 Å². The highest BCUT2D eigenvalue weighted by Crippen LogP contribution is 2.44. The predicted octanol–water partition coefficient (Wildman–Crippen LogP) is 5.20. The summed E-state index contributed by atoms with van der Waals surface area (Å²) in [5.74, 6) is -0.679. The average Bonchev–Trinajstić information content (AvgIpc) is 3.12. The molecular weight excluding hydrogens is 437 g/mol. The number of hydrogen-bond donors (Lipinski definition) is 2. The molecule has 4 rings (SSSR count). The number of ketones is 1. The van der Waals surface area contributed by atoms with E-state index >= 15 is 0 Å². The molecule has 34 heavy (non-hydrogen) atoms. The number of rotatable bonds is 8. The zero-order valence-electron chi connectivity index (χ0n) is 18.8. The maximum atomic E-state index is 13.5. The van der Waals surface area contributed by atoms with Gasteiger partial charge in [0.05, 0.1) is 25.5 Å². The fourth-order valence-corrected chi connectivity index (χ4v) is 3.92. The van der Waals surface area contributed by atoms with E-state index in [1.807, 2.05) is 0 Å². The van der Waals surface area contributed by atoms with Crippen LogP contribution < -0.4 is 9.47 Å². The van der Waals surface area contributed by atoms with Gasteiger partial charge in [-0.1, -0.05) is 24.3 Å². The number of benzene rings is 3. The third-order valence-electron chi connectivity index (χ3n) is 5.69. The Bertz CT molecular complexity index is 1310. The van der Waals surface area contributed by atoms with E-state index < -0.39 is 17.4 Å². The van der Waals surface area contributed by atoms with Gasteiger partial charge in [-0.15, -0.1) is 0 Å². The number of halogens is 1. The number of hydrogen-bond acceptors (Lipinski definition) is 5. The lowest BCUT2D eigenvalue weighted by molar-refractivity contribution is 0.103. The smallest absolute Gasteiger partial charge is 0.235 e. The van der Waals surface area contributed by atoms with Gasteiger partial charge in [-0.2, -0.15) is 0 Å². The zero-order chi connectivity index (χ0) is 24.2. The molecule has 0 aliphatic rings. The summed E-state index contributed by atoms with van der Waals surface area (Å²) >= 11 is 0. The van der Waals surface area contributed by atoms with E-state index in [1.165, 1.54) is 30.9 Å². The quantitative estimate of drug-likeness (QED) is 0.353. The van der Waals surface area contributed by atoms with Crippen LogP contribution in [0, 0.1) is 5.82 Å². The monoisotopic (exact) mass is 461 g/mol. The van der Waals surface area contributed by atoms with Gasteiger partial charge in [0.25, 0.3) is 0 Å². The molecule has 0 unspecified atom stereocenters. The summed E-state index contributed by atoms with van der Waals surface area (Å²) in [4.78, 5) is 13.5. The van der Waals surface area contributed by atoms with Crippen molar-refractivity contribution in [3.8, 4) is 34.4 Å². The highest BCUT2D eigenvalue weighted by atomic mass is 19.1. The van der Waals surface area contributed by atoms with E-state index in [4.69, 9.17) is 9.47 Å². The number of carbonyl (C=O) groups is 1. The largest absolute Gasteiger partial charge is 0.503 e. The molecule has 7 heteroatoms. The first-order valence-corrected chi connectivity index (χ1v) is 10.7. The van der Waals surface area contributed by atoms with Gasteiger partial charge in [0.2, 0.25) is 5.88 Å². The van der Waals surface area contributed by atoms with Crippen LogP contribution in [-0.2, 0) is 13.0 Å². The first-order chi connectivity index (χ1) is 16.4. The fourth-order valence-electron chi connectivity index (χ4n) is 3.92. The van der Waals surface area contributed by atoms with Crippen LogP contribution in [0.4, 0.5) is 4.39 Å². The van der Waals surface area contributed by atoms with Gasteiger partial charge in [-0.25, -0.2) is 4.39 Å². The Labute approximate surface area is 196 Å². The van der Waals surface area contributed by atoms with E-state index in [2.05, 4.69) is 0 Å². The highest BCUT2D eigenvalue weighted by Gasteiger charge is 2.30. The van der Waals surface area contributed by atoms with Gasteiger partial charge in [0.1, 0.15) is 17.3 Å². The third kappa shape index (κ3) is 4.32.